The monoisotopic (exact) mass is 590 g/mol. The van der Waals surface area contributed by atoms with Gasteiger partial charge in [0.05, 0.1) is 51.7 Å². The minimum atomic E-state index is -0.395. The molecule has 0 atom stereocenters. The van der Waals surface area contributed by atoms with Crippen LogP contribution in [0.4, 0.5) is 11.4 Å². The number of imide groups is 1. The van der Waals surface area contributed by atoms with E-state index < -0.39 is 5.91 Å². The second kappa shape index (κ2) is 10.4. The van der Waals surface area contributed by atoms with Crippen molar-refractivity contribution < 1.29 is 9.59 Å². The fraction of sp³-hybridized carbons (Fsp3) is 0. The fourth-order valence-corrected chi connectivity index (χ4v) is 6.59. The summed E-state index contributed by atoms with van der Waals surface area (Å²) in [5, 5.41) is 11.6. The van der Waals surface area contributed by atoms with Gasteiger partial charge in [0.2, 0.25) is 0 Å². The molecular weight excluding hydrogens is 568 g/mol. The van der Waals surface area contributed by atoms with Crippen molar-refractivity contribution >= 4 is 45.0 Å². The molecule has 1 aromatic heterocycles. The number of nitrogens with zero attached hydrogens (tertiary/aromatic N) is 4. The second-order valence-corrected chi connectivity index (χ2v) is 11.1. The number of carbonyl (C=O) groups excluding carboxylic acids is 2. The number of nitriles is 1. The summed E-state index contributed by atoms with van der Waals surface area (Å²) < 4.78 is 2.08. The van der Waals surface area contributed by atoms with Crippen LogP contribution in [0.15, 0.2) is 133 Å². The third-order valence-electron chi connectivity index (χ3n) is 8.55. The molecule has 0 spiro atoms. The number of benzene rings is 6. The third-order valence-corrected chi connectivity index (χ3v) is 8.55. The standard InChI is InChI=1S/C40H22N4O2/c1-42-28-13-6-12-27(23-28)31-17-8-19-33-32-18-7-16-30(26-11-5-10-25(22-26)24-41)37(32)44(38(31)33)35-21-9-20-34-36(35)40(46)43(39(34)45)29-14-3-2-4-15-29/h2-23H. The van der Waals surface area contributed by atoms with Gasteiger partial charge < -0.3 is 4.57 Å². The smallest absolute Gasteiger partial charge is 0.268 e. The molecule has 46 heavy (non-hydrogen) atoms. The summed E-state index contributed by atoms with van der Waals surface area (Å²) in [6.07, 6.45) is 0. The van der Waals surface area contributed by atoms with E-state index in [-0.39, 0.29) is 5.91 Å². The summed E-state index contributed by atoms with van der Waals surface area (Å²) in [6.45, 7) is 7.62. The number of anilines is 1. The highest BCUT2D eigenvalue weighted by molar-refractivity contribution is 6.36. The molecular formula is C40H22N4O2. The Labute approximate surface area is 264 Å². The van der Waals surface area contributed by atoms with E-state index in [0.717, 1.165) is 44.1 Å². The van der Waals surface area contributed by atoms with Crippen molar-refractivity contribution in [3.63, 3.8) is 0 Å². The number of amides is 2. The van der Waals surface area contributed by atoms with Crippen LogP contribution in [0.3, 0.4) is 0 Å². The van der Waals surface area contributed by atoms with Gasteiger partial charge in [-0.15, -0.1) is 0 Å². The molecule has 0 aliphatic carbocycles. The van der Waals surface area contributed by atoms with E-state index in [1.165, 1.54) is 4.90 Å². The molecule has 0 saturated carbocycles. The van der Waals surface area contributed by atoms with Gasteiger partial charge in [-0.25, -0.2) is 9.74 Å². The Bertz CT molecular complexity index is 2380. The second-order valence-electron chi connectivity index (χ2n) is 11.1. The van der Waals surface area contributed by atoms with Crippen LogP contribution in [0.1, 0.15) is 26.3 Å². The summed E-state index contributed by atoms with van der Waals surface area (Å²) in [5.74, 6) is -0.769. The lowest BCUT2D eigenvalue weighted by molar-refractivity contribution is 0.0926. The van der Waals surface area contributed by atoms with E-state index in [1.54, 1.807) is 42.5 Å². The predicted octanol–water partition coefficient (Wildman–Crippen LogP) is 9.34. The van der Waals surface area contributed by atoms with Gasteiger partial charge in [-0.2, -0.15) is 5.26 Å². The van der Waals surface area contributed by atoms with Crippen molar-refractivity contribution in [1.29, 1.82) is 5.26 Å². The summed E-state index contributed by atoms with van der Waals surface area (Å²) in [7, 11) is 0. The van der Waals surface area contributed by atoms with Crippen LogP contribution in [0, 0.1) is 17.9 Å². The fourth-order valence-electron chi connectivity index (χ4n) is 6.59. The number of hydrogen-bond acceptors (Lipinski definition) is 3. The number of para-hydroxylation sites is 3. The van der Waals surface area contributed by atoms with Gasteiger partial charge in [0.15, 0.2) is 5.69 Å². The largest absolute Gasteiger partial charge is 0.307 e. The van der Waals surface area contributed by atoms with Crippen molar-refractivity contribution in [1.82, 2.24) is 4.57 Å². The molecule has 2 heterocycles. The molecule has 0 radical (unpaired) electrons. The minimum Gasteiger partial charge on any atom is -0.307 e. The Morgan fingerprint density at radius 3 is 1.89 bits per heavy atom. The molecule has 2 amide bonds. The van der Waals surface area contributed by atoms with Crippen molar-refractivity contribution in [3.8, 4) is 34.0 Å². The molecule has 214 valence electrons. The quantitative estimate of drug-likeness (QED) is 0.151. The summed E-state index contributed by atoms with van der Waals surface area (Å²) in [5.41, 5.74) is 7.94. The van der Waals surface area contributed by atoms with Crippen molar-refractivity contribution in [2.45, 2.75) is 0 Å². The first-order chi connectivity index (χ1) is 22.6. The number of aromatic nitrogens is 1. The Morgan fingerprint density at radius 2 is 1.22 bits per heavy atom. The minimum absolute atomic E-state index is 0.320. The molecule has 1 aliphatic rings. The molecule has 0 fully saturated rings. The highest BCUT2D eigenvalue weighted by atomic mass is 16.2. The van der Waals surface area contributed by atoms with Crippen LogP contribution < -0.4 is 4.90 Å². The summed E-state index contributed by atoms with van der Waals surface area (Å²) in [4.78, 5) is 33.0. The van der Waals surface area contributed by atoms with E-state index in [4.69, 9.17) is 6.57 Å². The van der Waals surface area contributed by atoms with Crippen LogP contribution in [0.25, 0.3) is 54.6 Å². The Kier molecular flexibility index (Phi) is 6.10. The SMILES string of the molecule is [C-]#[N+]c1cccc(-c2cccc3c4cccc(-c5cccc(C#N)c5)c4n(-c4cccc5c4C(=O)N(c4ccccc4)C5=O)c23)c1. The topological polar surface area (TPSA) is 70.5 Å². The Balaban J connectivity index is 1.52. The molecule has 6 aromatic carbocycles. The molecule has 6 heteroatoms. The molecule has 6 nitrogen and oxygen atoms in total. The van der Waals surface area contributed by atoms with E-state index in [1.807, 2.05) is 78.9 Å². The van der Waals surface area contributed by atoms with Crippen molar-refractivity contribution in [2.75, 3.05) is 4.90 Å². The van der Waals surface area contributed by atoms with E-state index >= 15 is 0 Å². The Morgan fingerprint density at radius 1 is 0.609 bits per heavy atom. The maximum atomic E-state index is 14.3. The van der Waals surface area contributed by atoms with Gasteiger partial charge in [-0.1, -0.05) is 91.0 Å². The molecule has 8 rings (SSSR count). The molecule has 0 unspecified atom stereocenters. The van der Waals surface area contributed by atoms with Gasteiger partial charge in [0, 0.05) is 21.9 Å². The first kappa shape index (κ1) is 26.8. The zero-order valence-corrected chi connectivity index (χ0v) is 24.3. The average molecular weight is 591 g/mol. The van der Waals surface area contributed by atoms with E-state index in [2.05, 4.69) is 27.6 Å². The molecule has 1 aliphatic heterocycles. The van der Waals surface area contributed by atoms with E-state index in [0.29, 0.717) is 33.8 Å². The van der Waals surface area contributed by atoms with Crippen LogP contribution in [0.5, 0.6) is 0 Å². The van der Waals surface area contributed by atoms with Gasteiger partial charge in [-0.3, -0.25) is 9.59 Å². The molecule has 7 aromatic rings. The molecule has 0 bridgehead atoms. The number of rotatable bonds is 4. The lowest BCUT2D eigenvalue weighted by Gasteiger charge is -2.17. The van der Waals surface area contributed by atoms with Crippen LogP contribution >= 0.6 is 0 Å². The first-order valence-corrected chi connectivity index (χ1v) is 14.7. The van der Waals surface area contributed by atoms with Crippen LogP contribution in [-0.2, 0) is 0 Å². The number of carbonyl (C=O) groups is 2. The lowest BCUT2D eigenvalue weighted by atomic mass is 9.99. The van der Waals surface area contributed by atoms with Crippen LogP contribution in [-0.4, -0.2) is 16.4 Å². The van der Waals surface area contributed by atoms with Gasteiger partial charge in [-0.05, 0) is 53.6 Å². The maximum absolute atomic E-state index is 14.3. The van der Waals surface area contributed by atoms with Gasteiger partial charge in [0.1, 0.15) is 0 Å². The molecule has 0 N–H and O–H groups in total. The van der Waals surface area contributed by atoms with E-state index in [9.17, 15) is 14.9 Å². The summed E-state index contributed by atoms with van der Waals surface area (Å²) in [6, 6.07) is 43.7. The highest BCUT2D eigenvalue weighted by Gasteiger charge is 2.39. The lowest BCUT2D eigenvalue weighted by Crippen LogP contribution is -2.29. The maximum Gasteiger partial charge on any atom is 0.268 e. The zero-order valence-electron chi connectivity index (χ0n) is 24.3. The zero-order chi connectivity index (χ0) is 31.4. The normalized spacial score (nSPS) is 12.3. The average Bonchev–Trinajstić information content (AvgIpc) is 3.59. The van der Waals surface area contributed by atoms with Crippen molar-refractivity contribution in [2.24, 2.45) is 0 Å². The van der Waals surface area contributed by atoms with Crippen molar-refractivity contribution in [3.05, 3.63) is 162 Å². The highest BCUT2D eigenvalue weighted by Crippen LogP contribution is 2.44. The van der Waals surface area contributed by atoms with Gasteiger partial charge >= 0.3 is 0 Å². The first-order valence-electron chi connectivity index (χ1n) is 14.7. The summed E-state index contributed by atoms with van der Waals surface area (Å²) >= 11 is 0. The van der Waals surface area contributed by atoms with Gasteiger partial charge in [0.25, 0.3) is 11.8 Å². The van der Waals surface area contributed by atoms with Crippen LogP contribution in [0.2, 0.25) is 0 Å². The number of fused-ring (bicyclic) bond motifs is 4. The third kappa shape index (κ3) is 3.95. The molecule has 0 saturated heterocycles. The predicted molar refractivity (Wildman–Crippen MR) is 180 cm³/mol. The number of hydrogen-bond donors (Lipinski definition) is 0. The Hall–Kier alpha value is -6.76.